The van der Waals surface area contributed by atoms with Crippen LogP contribution in [-0.2, 0) is 4.74 Å². The lowest BCUT2D eigenvalue weighted by molar-refractivity contribution is 0.0960. The summed E-state index contributed by atoms with van der Waals surface area (Å²) in [6.45, 7) is 5.96. The third-order valence-corrected chi connectivity index (χ3v) is 2.32. The number of ether oxygens (including phenoxy) is 1. The smallest absolute Gasteiger partial charge is 0.0621 e. The Morgan fingerprint density at radius 3 is 3.09 bits per heavy atom. The van der Waals surface area contributed by atoms with Crippen molar-refractivity contribution in [1.82, 2.24) is 4.90 Å². The summed E-state index contributed by atoms with van der Waals surface area (Å²) in [4.78, 5) is 2.35. The molecule has 0 radical (unpaired) electrons. The molecule has 1 unspecified atom stereocenters. The van der Waals surface area contributed by atoms with E-state index in [1.807, 2.05) is 0 Å². The Morgan fingerprint density at radius 2 is 2.45 bits per heavy atom. The topological polar surface area (TPSA) is 12.5 Å². The van der Waals surface area contributed by atoms with E-state index in [0.29, 0.717) is 6.04 Å². The van der Waals surface area contributed by atoms with E-state index in [0.717, 1.165) is 26.0 Å². The van der Waals surface area contributed by atoms with Gasteiger partial charge in [-0.3, -0.25) is 0 Å². The molecule has 0 aromatic carbocycles. The molecule has 0 aliphatic carbocycles. The summed E-state index contributed by atoms with van der Waals surface area (Å²) in [6.07, 6.45) is 2.25. The van der Waals surface area contributed by atoms with E-state index in [4.69, 9.17) is 4.74 Å². The number of piperidine rings is 1. The van der Waals surface area contributed by atoms with E-state index in [1.54, 1.807) is 7.11 Å². The van der Waals surface area contributed by atoms with Gasteiger partial charge in [0.2, 0.25) is 0 Å². The lowest BCUT2D eigenvalue weighted by atomic mass is 9.99. The van der Waals surface area contributed by atoms with E-state index in [2.05, 4.69) is 18.5 Å². The molecule has 2 heteroatoms. The van der Waals surface area contributed by atoms with Gasteiger partial charge in [0.25, 0.3) is 0 Å². The molecule has 1 aliphatic rings. The highest BCUT2D eigenvalue weighted by atomic mass is 16.5. The molecule has 0 saturated carbocycles. The van der Waals surface area contributed by atoms with Crippen LogP contribution >= 0.6 is 0 Å². The van der Waals surface area contributed by atoms with Crippen LogP contribution in [0.15, 0.2) is 12.2 Å². The minimum absolute atomic E-state index is 0.557. The lowest BCUT2D eigenvalue weighted by Gasteiger charge is -2.32. The van der Waals surface area contributed by atoms with Crippen LogP contribution in [0, 0.1) is 0 Å². The highest BCUT2D eigenvalue weighted by Crippen LogP contribution is 2.18. The van der Waals surface area contributed by atoms with E-state index in [9.17, 15) is 0 Å². The van der Waals surface area contributed by atoms with Gasteiger partial charge < -0.3 is 9.64 Å². The summed E-state index contributed by atoms with van der Waals surface area (Å²) >= 11 is 0. The predicted molar refractivity (Wildman–Crippen MR) is 46.7 cm³/mol. The Morgan fingerprint density at radius 1 is 1.73 bits per heavy atom. The molecule has 64 valence electrons. The second kappa shape index (κ2) is 3.88. The van der Waals surface area contributed by atoms with Crippen molar-refractivity contribution >= 4 is 0 Å². The molecule has 1 saturated heterocycles. The van der Waals surface area contributed by atoms with Gasteiger partial charge in [-0.2, -0.15) is 0 Å². The van der Waals surface area contributed by atoms with Gasteiger partial charge >= 0.3 is 0 Å². The number of rotatable bonds is 2. The zero-order chi connectivity index (χ0) is 8.27. The van der Waals surface area contributed by atoms with Crippen LogP contribution < -0.4 is 0 Å². The average Bonchev–Trinajstić information content (AvgIpc) is 1.98. The second-order valence-corrected chi connectivity index (χ2v) is 3.29. The van der Waals surface area contributed by atoms with Gasteiger partial charge in [0, 0.05) is 19.7 Å². The molecular weight excluding hydrogens is 138 g/mol. The lowest BCUT2D eigenvalue weighted by Crippen LogP contribution is -2.39. The van der Waals surface area contributed by atoms with Crippen molar-refractivity contribution in [3.05, 3.63) is 12.2 Å². The van der Waals surface area contributed by atoms with Crippen LogP contribution in [0.3, 0.4) is 0 Å². The van der Waals surface area contributed by atoms with Crippen LogP contribution in [0.25, 0.3) is 0 Å². The first-order valence-corrected chi connectivity index (χ1v) is 4.10. The molecule has 2 nitrogen and oxygen atoms in total. The minimum Gasteiger partial charge on any atom is -0.383 e. The maximum absolute atomic E-state index is 5.12. The number of nitrogens with zero attached hydrogens (tertiary/aromatic N) is 1. The van der Waals surface area contributed by atoms with Gasteiger partial charge in [0.15, 0.2) is 0 Å². The maximum atomic E-state index is 5.12. The van der Waals surface area contributed by atoms with Crippen molar-refractivity contribution < 1.29 is 4.74 Å². The molecule has 1 aliphatic heterocycles. The summed E-state index contributed by atoms with van der Waals surface area (Å²) in [6, 6.07) is 0.557. The standard InChI is InChI=1S/C9H17NO/c1-8-4-5-10(2)9(6-8)7-11-3/h9H,1,4-7H2,2-3H3. The molecule has 0 N–H and O–H groups in total. The molecule has 1 rings (SSSR count). The number of likely N-dealkylation sites (tertiary alicyclic amines) is 1. The highest BCUT2D eigenvalue weighted by molar-refractivity contribution is 5.02. The Hall–Kier alpha value is -0.340. The average molecular weight is 155 g/mol. The molecule has 1 heterocycles. The summed E-state index contributed by atoms with van der Waals surface area (Å²) in [5, 5.41) is 0. The summed E-state index contributed by atoms with van der Waals surface area (Å²) in [5.74, 6) is 0. The largest absolute Gasteiger partial charge is 0.383 e. The highest BCUT2D eigenvalue weighted by Gasteiger charge is 2.20. The van der Waals surface area contributed by atoms with Gasteiger partial charge in [-0.1, -0.05) is 12.2 Å². The SMILES string of the molecule is C=C1CCN(C)C(COC)C1. The van der Waals surface area contributed by atoms with Gasteiger partial charge in [0.05, 0.1) is 6.61 Å². The second-order valence-electron chi connectivity index (χ2n) is 3.29. The predicted octanol–water partition coefficient (Wildman–Crippen LogP) is 1.28. The first-order valence-electron chi connectivity index (χ1n) is 4.10. The van der Waals surface area contributed by atoms with Gasteiger partial charge in [-0.05, 0) is 19.9 Å². The molecule has 11 heavy (non-hydrogen) atoms. The molecule has 0 bridgehead atoms. The minimum atomic E-state index is 0.557. The third-order valence-electron chi connectivity index (χ3n) is 2.32. The fourth-order valence-corrected chi connectivity index (χ4v) is 1.49. The zero-order valence-corrected chi connectivity index (χ0v) is 7.47. The molecule has 0 aromatic rings. The number of hydrogen-bond acceptors (Lipinski definition) is 2. The maximum Gasteiger partial charge on any atom is 0.0621 e. The first-order chi connectivity index (χ1) is 5.24. The van der Waals surface area contributed by atoms with Crippen molar-refractivity contribution in [2.24, 2.45) is 0 Å². The van der Waals surface area contributed by atoms with Gasteiger partial charge in [0.1, 0.15) is 0 Å². The molecule has 1 fully saturated rings. The van der Waals surface area contributed by atoms with Crippen LogP contribution in [0.1, 0.15) is 12.8 Å². The Labute approximate surface area is 68.8 Å². The summed E-state index contributed by atoms with van der Waals surface area (Å²) in [7, 11) is 3.90. The number of hydrogen-bond donors (Lipinski definition) is 0. The third kappa shape index (κ3) is 2.31. The normalized spacial score (nSPS) is 27.5. The fraction of sp³-hybridized carbons (Fsp3) is 0.778. The van der Waals surface area contributed by atoms with Crippen LogP contribution in [0.2, 0.25) is 0 Å². The van der Waals surface area contributed by atoms with E-state index >= 15 is 0 Å². The number of methoxy groups -OCH3 is 1. The molecule has 0 amide bonds. The summed E-state index contributed by atoms with van der Waals surface area (Å²) in [5.41, 5.74) is 1.37. The van der Waals surface area contributed by atoms with Gasteiger partial charge in [-0.15, -0.1) is 0 Å². The quantitative estimate of drug-likeness (QED) is 0.557. The van der Waals surface area contributed by atoms with Gasteiger partial charge in [-0.25, -0.2) is 0 Å². The van der Waals surface area contributed by atoms with Crippen molar-refractivity contribution in [2.45, 2.75) is 18.9 Å². The monoisotopic (exact) mass is 155 g/mol. The van der Waals surface area contributed by atoms with Crippen molar-refractivity contribution in [3.8, 4) is 0 Å². The molecular formula is C9H17NO. The van der Waals surface area contributed by atoms with Crippen molar-refractivity contribution in [3.63, 3.8) is 0 Å². The molecule has 1 atom stereocenters. The number of likely N-dealkylation sites (N-methyl/N-ethyl adjacent to an activating group) is 1. The van der Waals surface area contributed by atoms with E-state index in [-0.39, 0.29) is 0 Å². The first kappa shape index (κ1) is 8.75. The van der Waals surface area contributed by atoms with Crippen LogP contribution in [0.5, 0.6) is 0 Å². The Bertz CT molecular complexity index is 144. The zero-order valence-electron chi connectivity index (χ0n) is 7.47. The van der Waals surface area contributed by atoms with Crippen LogP contribution in [0.4, 0.5) is 0 Å². The van der Waals surface area contributed by atoms with E-state index < -0.39 is 0 Å². The van der Waals surface area contributed by atoms with Crippen LogP contribution in [-0.4, -0.2) is 38.3 Å². The molecule has 0 spiro atoms. The van der Waals surface area contributed by atoms with Crippen molar-refractivity contribution in [2.75, 3.05) is 27.3 Å². The Balaban J connectivity index is 2.40. The fourth-order valence-electron chi connectivity index (χ4n) is 1.49. The Kier molecular flexibility index (Phi) is 3.09. The molecule has 0 aromatic heterocycles. The van der Waals surface area contributed by atoms with Crippen molar-refractivity contribution in [1.29, 1.82) is 0 Å². The van der Waals surface area contributed by atoms with E-state index in [1.165, 1.54) is 5.57 Å². The summed E-state index contributed by atoms with van der Waals surface area (Å²) < 4.78 is 5.12.